The Hall–Kier alpha value is -0.810. The van der Waals surface area contributed by atoms with Gasteiger partial charge >= 0.3 is 0 Å². The third-order valence-corrected chi connectivity index (χ3v) is 5.32. The summed E-state index contributed by atoms with van der Waals surface area (Å²) in [6, 6.07) is 0.626. The van der Waals surface area contributed by atoms with Gasteiger partial charge in [0.1, 0.15) is 0 Å². The van der Waals surface area contributed by atoms with E-state index in [9.17, 15) is 0 Å². The van der Waals surface area contributed by atoms with E-state index in [0.29, 0.717) is 17.4 Å². The van der Waals surface area contributed by atoms with Crippen LogP contribution in [0.5, 0.6) is 0 Å². The van der Waals surface area contributed by atoms with Crippen molar-refractivity contribution >= 4 is 5.96 Å². The van der Waals surface area contributed by atoms with Crippen LogP contribution in [0.15, 0.2) is 4.99 Å². The van der Waals surface area contributed by atoms with E-state index in [1.54, 1.807) is 0 Å². The van der Waals surface area contributed by atoms with Gasteiger partial charge in [-0.2, -0.15) is 0 Å². The lowest BCUT2D eigenvalue weighted by Crippen LogP contribution is -2.43. The van der Waals surface area contributed by atoms with Crippen LogP contribution in [0.3, 0.4) is 0 Å². The lowest BCUT2D eigenvalue weighted by atomic mass is 9.86. The second-order valence-corrected chi connectivity index (χ2v) is 7.45. The van der Waals surface area contributed by atoms with Gasteiger partial charge in [-0.1, -0.05) is 19.8 Å². The first-order valence-corrected chi connectivity index (χ1v) is 8.97. The normalized spacial score (nSPS) is 26.0. The molecule has 0 amide bonds. The van der Waals surface area contributed by atoms with Crippen LogP contribution < -0.4 is 11.1 Å². The van der Waals surface area contributed by atoms with Crippen molar-refractivity contribution in [1.82, 2.24) is 15.1 Å². The summed E-state index contributed by atoms with van der Waals surface area (Å²) < 4.78 is 0. The molecule has 1 saturated heterocycles. The minimum atomic E-state index is 0.346. The Labute approximate surface area is 136 Å². The lowest BCUT2D eigenvalue weighted by molar-refractivity contribution is 0.210. The minimum absolute atomic E-state index is 0.346. The largest absolute Gasteiger partial charge is 0.370 e. The maximum absolute atomic E-state index is 6.11. The number of hydrogen-bond donors (Lipinski definition) is 2. The molecule has 1 atom stereocenters. The van der Waals surface area contributed by atoms with Crippen LogP contribution in [-0.2, 0) is 0 Å². The number of guanidine groups is 1. The van der Waals surface area contributed by atoms with Crippen LogP contribution >= 0.6 is 0 Å². The molecule has 1 saturated carbocycles. The van der Waals surface area contributed by atoms with Crippen molar-refractivity contribution in [1.29, 1.82) is 0 Å². The molecule has 2 aliphatic rings. The Bertz CT molecular complexity index is 360. The highest BCUT2D eigenvalue weighted by Crippen LogP contribution is 2.38. The second kappa shape index (κ2) is 8.16. The minimum Gasteiger partial charge on any atom is -0.370 e. The van der Waals surface area contributed by atoms with Crippen molar-refractivity contribution in [2.75, 3.05) is 46.8 Å². The summed E-state index contributed by atoms with van der Waals surface area (Å²) in [5.74, 6) is 0.632. The molecule has 0 aromatic heterocycles. The van der Waals surface area contributed by atoms with Crippen LogP contribution in [0, 0.1) is 5.41 Å². The van der Waals surface area contributed by atoms with Gasteiger partial charge in [0.25, 0.3) is 0 Å². The van der Waals surface area contributed by atoms with Gasteiger partial charge in [-0.15, -0.1) is 0 Å². The van der Waals surface area contributed by atoms with Crippen LogP contribution in [0.25, 0.3) is 0 Å². The van der Waals surface area contributed by atoms with Crippen molar-refractivity contribution in [2.45, 2.75) is 51.5 Å². The van der Waals surface area contributed by atoms with E-state index in [1.165, 1.54) is 45.1 Å². The molecule has 5 nitrogen and oxygen atoms in total. The zero-order valence-electron chi connectivity index (χ0n) is 14.8. The first-order valence-electron chi connectivity index (χ1n) is 8.97. The summed E-state index contributed by atoms with van der Waals surface area (Å²) in [4.78, 5) is 9.51. The van der Waals surface area contributed by atoms with Gasteiger partial charge in [-0.3, -0.25) is 9.89 Å². The van der Waals surface area contributed by atoms with Crippen molar-refractivity contribution in [3.8, 4) is 0 Å². The topological polar surface area (TPSA) is 56.9 Å². The highest BCUT2D eigenvalue weighted by Gasteiger charge is 2.34. The third kappa shape index (κ3) is 4.85. The summed E-state index contributed by atoms with van der Waals surface area (Å²) >= 11 is 0. The fourth-order valence-electron chi connectivity index (χ4n) is 4.24. The molecule has 1 aliphatic heterocycles. The van der Waals surface area contributed by atoms with Gasteiger partial charge in [0.15, 0.2) is 5.96 Å². The molecule has 3 N–H and O–H groups in total. The Morgan fingerprint density at radius 2 is 2.05 bits per heavy atom. The summed E-state index contributed by atoms with van der Waals surface area (Å²) in [5.41, 5.74) is 6.46. The second-order valence-electron chi connectivity index (χ2n) is 7.45. The van der Waals surface area contributed by atoms with E-state index < -0.39 is 0 Å². The number of likely N-dealkylation sites (N-methyl/N-ethyl adjacent to an activating group) is 1. The summed E-state index contributed by atoms with van der Waals surface area (Å²) in [7, 11) is 4.32. The van der Waals surface area contributed by atoms with Gasteiger partial charge in [0, 0.05) is 31.1 Å². The van der Waals surface area contributed by atoms with Crippen molar-refractivity contribution in [3.05, 3.63) is 0 Å². The van der Waals surface area contributed by atoms with E-state index in [0.717, 1.165) is 26.2 Å². The van der Waals surface area contributed by atoms with Crippen molar-refractivity contribution < 1.29 is 0 Å². The van der Waals surface area contributed by atoms with E-state index in [2.05, 4.69) is 41.1 Å². The molecule has 1 unspecified atom stereocenters. The summed E-state index contributed by atoms with van der Waals surface area (Å²) in [5, 5.41) is 3.36. The molecular weight excluding hydrogens is 274 g/mol. The van der Waals surface area contributed by atoms with E-state index in [-0.39, 0.29) is 0 Å². The third-order valence-electron chi connectivity index (χ3n) is 5.32. The van der Waals surface area contributed by atoms with Crippen LogP contribution in [0.2, 0.25) is 0 Å². The highest BCUT2D eigenvalue weighted by molar-refractivity contribution is 5.77. The van der Waals surface area contributed by atoms with Gasteiger partial charge in [-0.25, -0.2) is 0 Å². The van der Waals surface area contributed by atoms with Gasteiger partial charge in [0.2, 0.25) is 0 Å². The number of likely N-dealkylation sites (tertiary alicyclic amines) is 1. The number of nitrogens with two attached hydrogens (primary N) is 1. The fourth-order valence-corrected chi connectivity index (χ4v) is 4.24. The number of nitrogens with one attached hydrogen (secondary N) is 1. The molecule has 22 heavy (non-hydrogen) atoms. The molecule has 2 rings (SSSR count). The SMILES string of the molecule is CCN1CCCC1CNC(N)=NCC1(CN(C)C)CCCC1. The monoisotopic (exact) mass is 309 g/mol. The number of aliphatic imine (C=N–C) groups is 1. The first kappa shape index (κ1) is 17.5. The van der Waals surface area contributed by atoms with E-state index in [1.807, 2.05) is 0 Å². The lowest BCUT2D eigenvalue weighted by Gasteiger charge is -2.30. The standard InChI is InChI=1S/C17H35N5/c1-4-22-11-7-8-15(22)12-19-16(18)20-13-17(14-21(2)3)9-5-6-10-17/h15H,4-14H2,1-3H3,(H3,18,19,20). The molecule has 2 fully saturated rings. The molecular formula is C17H35N5. The Morgan fingerprint density at radius 1 is 1.32 bits per heavy atom. The van der Waals surface area contributed by atoms with Gasteiger partial charge in [-0.05, 0) is 52.9 Å². The van der Waals surface area contributed by atoms with Crippen molar-refractivity contribution in [2.24, 2.45) is 16.1 Å². The van der Waals surface area contributed by atoms with E-state index >= 15 is 0 Å². The average molecular weight is 310 g/mol. The number of nitrogens with zero attached hydrogens (tertiary/aromatic N) is 3. The quantitative estimate of drug-likeness (QED) is 0.553. The molecule has 1 aliphatic carbocycles. The van der Waals surface area contributed by atoms with Crippen LogP contribution in [0.4, 0.5) is 0 Å². The maximum atomic E-state index is 6.11. The molecule has 0 aromatic carbocycles. The molecule has 0 bridgehead atoms. The van der Waals surface area contributed by atoms with Crippen LogP contribution in [0.1, 0.15) is 45.4 Å². The van der Waals surface area contributed by atoms with Gasteiger partial charge in [0.05, 0.1) is 0 Å². The fraction of sp³-hybridized carbons (Fsp3) is 0.941. The van der Waals surface area contributed by atoms with E-state index in [4.69, 9.17) is 5.73 Å². The summed E-state index contributed by atoms with van der Waals surface area (Å²) in [6.45, 7) is 7.52. The highest BCUT2D eigenvalue weighted by atomic mass is 15.2. The molecule has 128 valence electrons. The molecule has 1 heterocycles. The zero-order chi connectivity index (χ0) is 16.0. The Morgan fingerprint density at radius 3 is 2.68 bits per heavy atom. The smallest absolute Gasteiger partial charge is 0.188 e. The number of hydrogen-bond acceptors (Lipinski definition) is 3. The number of rotatable bonds is 7. The van der Waals surface area contributed by atoms with Gasteiger partial charge < -0.3 is 16.0 Å². The average Bonchev–Trinajstić information content (AvgIpc) is 3.11. The summed E-state index contributed by atoms with van der Waals surface area (Å²) in [6.07, 6.45) is 7.83. The molecule has 0 radical (unpaired) electrons. The Balaban J connectivity index is 1.80. The Kier molecular flexibility index (Phi) is 6.50. The molecule has 5 heteroatoms. The predicted octanol–water partition coefficient (Wildman–Crippen LogP) is 1.50. The zero-order valence-corrected chi connectivity index (χ0v) is 14.8. The maximum Gasteiger partial charge on any atom is 0.188 e. The first-order chi connectivity index (χ1) is 10.5. The van der Waals surface area contributed by atoms with Crippen LogP contribution in [-0.4, -0.2) is 68.6 Å². The molecule has 0 aromatic rings. The predicted molar refractivity (Wildman–Crippen MR) is 94.2 cm³/mol. The van der Waals surface area contributed by atoms with Crippen molar-refractivity contribution in [3.63, 3.8) is 0 Å². The molecule has 0 spiro atoms.